The lowest BCUT2D eigenvalue weighted by Crippen LogP contribution is -2.28. The predicted molar refractivity (Wildman–Crippen MR) is 92.0 cm³/mol. The van der Waals surface area contributed by atoms with Gasteiger partial charge in [0.15, 0.2) is 11.6 Å². The summed E-state index contributed by atoms with van der Waals surface area (Å²) in [5.41, 5.74) is 1.51. The second kappa shape index (κ2) is 8.52. The molecule has 0 bridgehead atoms. The van der Waals surface area contributed by atoms with E-state index in [-0.39, 0.29) is 12.6 Å². The second-order valence-electron chi connectivity index (χ2n) is 6.53. The van der Waals surface area contributed by atoms with E-state index in [1.807, 2.05) is 18.2 Å². The summed E-state index contributed by atoms with van der Waals surface area (Å²) in [6, 6.07) is 13.6. The first-order valence-electron chi connectivity index (χ1n) is 8.62. The molecule has 0 saturated carbocycles. The van der Waals surface area contributed by atoms with Crippen molar-refractivity contribution in [1.82, 2.24) is 5.32 Å². The van der Waals surface area contributed by atoms with Gasteiger partial charge in [-0.05, 0) is 42.0 Å². The van der Waals surface area contributed by atoms with E-state index in [9.17, 15) is 13.9 Å². The zero-order chi connectivity index (χ0) is 17.6. The summed E-state index contributed by atoms with van der Waals surface area (Å²) in [4.78, 5) is 0. The lowest BCUT2D eigenvalue weighted by molar-refractivity contribution is 0.162. The molecule has 1 aliphatic rings. The standard InChI is InChI=1S/C20H23F2NO2/c21-17-7-6-16(11-18(17)22)20(24)12-23-19(10-14-8-9-25-13-14)15-4-2-1-3-5-15/h1-7,11,14,19-20,23-24H,8-10,12-13H2. The van der Waals surface area contributed by atoms with E-state index in [4.69, 9.17) is 4.74 Å². The van der Waals surface area contributed by atoms with Gasteiger partial charge in [0.25, 0.3) is 0 Å². The number of halogens is 2. The fourth-order valence-electron chi connectivity index (χ4n) is 3.22. The number of rotatable bonds is 7. The van der Waals surface area contributed by atoms with Gasteiger partial charge < -0.3 is 15.2 Å². The van der Waals surface area contributed by atoms with Crippen LogP contribution in [0.4, 0.5) is 8.78 Å². The van der Waals surface area contributed by atoms with Crippen LogP contribution >= 0.6 is 0 Å². The molecule has 0 amide bonds. The number of ether oxygens (including phenoxy) is 1. The van der Waals surface area contributed by atoms with Crippen LogP contribution < -0.4 is 5.32 Å². The Morgan fingerprint density at radius 2 is 1.88 bits per heavy atom. The molecule has 3 rings (SSSR count). The molecule has 3 atom stereocenters. The van der Waals surface area contributed by atoms with Gasteiger partial charge in [0, 0.05) is 25.8 Å². The van der Waals surface area contributed by atoms with Crippen molar-refractivity contribution in [3.05, 3.63) is 71.3 Å². The van der Waals surface area contributed by atoms with E-state index in [2.05, 4.69) is 17.4 Å². The molecule has 3 unspecified atom stereocenters. The number of aliphatic hydroxyl groups is 1. The van der Waals surface area contributed by atoms with E-state index in [1.54, 1.807) is 0 Å². The highest BCUT2D eigenvalue weighted by molar-refractivity contribution is 5.21. The van der Waals surface area contributed by atoms with Gasteiger partial charge in [0.2, 0.25) is 0 Å². The van der Waals surface area contributed by atoms with Crippen molar-refractivity contribution in [2.45, 2.75) is 25.0 Å². The van der Waals surface area contributed by atoms with E-state index in [1.165, 1.54) is 6.07 Å². The Balaban J connectivity index is 1.65. The summed E-state index contributed by atoms with van der Waals surface area (Å²) in [5, 5.41) is 13.7. The molecule has 3 nitrogen and oxygen atoms in total. The number of hydrogen-bond donors (Lipinski definition) is 2. The monoisotopic (exact) mass is 347 g/mol. The van der Waals surface area contributed by atoms with Crippen LogP contribution in [0, 0.1) is 17.6 Å². The minimum absolute atomic E-state index is 0.0767. The van der Waals surface area contributed by atoms with Gasteiger partial charge in [-0.15, -0.1) is 0 Å². The van der Waals surface area contributed by atoms with E-state index >= 15 is 0 Å². The average molecular weight is 347 g/mol. The Kier molecular flexibility index (Phi) is 6.13. The highest BCUT2D eigenvalue weighted by atomic mass is 19.2. The summed E-state index contributed by atoms with van der Waals surface area (Å²) >= 11 is 0. The van der Waals surface area contributed by atoms with Crippen LogP contribution in [0.15, 0.2) is 48.5 Å². The van der Waals surface area contributed by atoms with Gasteiger partial charge in [0.05, 0.1) is 6.10 Å². The SMILES string of the molecule is OC(CNC(CC1CCOC1)c1ccccc1)c1ccc(F)c(F)c1. The normalized spacial score (nSPS) is 19.7. The van der Waals surface area contributed by atoms with Crippen molar-refractivity contribution in [2.24, 2.45) is 5.92 Å². The molecule has 1 saturated heterocycles. The molecule has 1 aliphatic heterocycles. The first kappa shape index (κ1) is 18.0. The minimum atomic E-state index is -0.945. The quantitative estimate of drug-likeness (QED) is 0.801. The topological polar surface area (TPSA) is 41.5 Å². The zero-order valence-electron chi connectivity index (χ0n) is 14.0. The van der Waals surface area contributed by atoms with E-state index < -0.39 is 17.7 Å². The minimum Gasteiger partial charge on any atom is -0.387 e. The molecular weight excluding hydrogens is 324 g/mol. The van der Waals surface area contributed by atoms with Gasteiger partial charge in [0.1, 0.15) is 0 Å². The Hall–Kier alpha value is -1.82. The van der Waals surface area contributed by atoms with Gasteiger partial charge in [-0.1, -0.05) is 36.4 Å². The second-order valence-corrected chi connectivity index (χ2v) is 6.53. The molecule has 1 fully saturated rings. The molecule has 0 aliphatic carbocycles. The molecular formula is C20H23F2NO2. The summed E-state index contributed by atoms with van der Waals surface area (Å²) in [6.07, 6.45) is 1.05. The molecule has 1 heterocycles. The number of hydrogen-bond acceptors (Lipinski definition) is 3. The maximum Gasteiger partial charge on any atom is 0.159 e. The van der Waals surface area contributed by atoms with Gasteiger partial charge in [-0.2, -0.15) is 0 Å². The van der Waals surface area contributed by atoms with Crippen molar-refractivity contribution in [1.29, 1.82) is 0 Å². The third-order valence-corrected chi connectivity index (χ3v) is 4.68. The van der Waals surface area contributed by atoms with Crippen LogP contribution in [-0.4, -0.2) is 24.9 Å². The Bertz CT molecular complexity index is 675. The third kappa shape index (κ3) is 4.84. The molecule has 2 aromatic rings. The molecule has 5 heteroatoms. The smallest absolute Gasteiger partial charge is 0.159 e. The Labute approximate surface area is 146 Å². The Morgan fingerprint density at radius 1 is 1.08 bits per heavy atom. The van der Waals surface area contributed by atoms with Crippen LogP contribution in [0.25, 0.3) is 0 Å². The number of aliphatic hydroxyl groups excluding tert-OH is 1. The van der Waals surface area contributed by atoms with Crippen molar-refractivity contribution < 1.29 is 18.6 Å². The van der Waals surface area contributed by atoms with Gasteiger partial charge in [-0.25, -0.2) is 8.78 Å². The van der Waals surface area contributed by atoms with Crippen molar-refractivity contribution in [2.75, 3.05) is 19.8 Å². The van der Waals surface area contributed by atoms with E-state index in [0.717, 1.165) is 43.8 Å². The van der Waals surface area contributed by atoms with Crippen molar-refractivity contribution in [3.8, 4) is 0 Å². The highest BCUT2D eigenvalue weighted by Crippen LogP contribution is 2.27. The zero-order valence-corrected chi connectivity index (χ0v) is 14.0. The van der Waals surface area contributed by atoms with Crippen molar-refractivity contribution in [3.63, 3.8) is 0 Å². The lowest BCUT2D eigenvalue weighted by atomic mass is 9.94. The summed E-state index contributed by atoms with van der Waals surface area (Å²) in [7, 11) is 0. The Morgan fingerprint density at radius 3 is 2.56 bits per heavy atom. The first-order valence-corrected chi connectivity index (χ1v) is 8.62. The summed E-state index contributed by atoms with van der Waals surface area (Å²) < 4.78 is 31.9. The molecule has 0 spiro atoms. The first-order chi connectivity index (χ1) is 12.1. The third-order valence-electron chi connectivity index (χ3n) is 4.68. The van der Waals surface area contributed by atoms with Gasteiger partial charge in [-0.3, -0.25) is 0 Å². The lowest BCUT2D eigenvalue weighted by Gasteiger charge is -2.24. The molecule has 0 aromatic heterocycles. The molecule has 134 valence electrons. The highest BCUT2D eigenvalue weighted by Gasteiger charge is 2.22. The fraction of sp³-hybridized carbons (Fsp3) is 0.400. The number of benzene rings is 2. The predicted octanol–water partition coefficient (Wildman–Crippen LogP) is 3.76. The molecule has 25 heavy (non-hydrogen) atoms. The summed E-state index contributed by atoms with van der Waals surface area (Å²) in [5.74, 6) is -1.37. The summed E-state index contributed by atoms with van der Waals surface area (Å²) in [6.45, 7) is 1.82. The van der Waals surface area contributed by atoms with Crippen LogP contribution in [-0.2, 0) is 4.74 Å². The molecule has 2 aromatic carbocycles. The van der Waals surface area contributed by atoms with Crippen LogP contribution in [0.5, 0.6) is 0 Å². The van der Waals surface area contributed by atoms with E-state index in [0.29, 0.717) is 11.5 Å². The van der Waals surface area contributed by atoms with Crippen LogP contribution in [0.3, 0.4) is 0 Å². The maximum absolute atomic E-state index is 13.4. The molecule has 0 radical (unpaired) electrons. The van der Waals surface area contributed by atoms with Crippen LogP contribution in [0.1, 0.15) is 36.1 Å². The number of nitrogens with one attached hydrogen (secondary N) is 1. The molecule has 2 N–H and O–H groups in total. The van der Waals surface area contributed by atoms with Gasteiger partial charge >= 0.3 is 0 Å². The largest absolute Gasteiger partial charge is 0.387 e. The van der Waals surface area contributed by atoms with Crippen molar-refractivity contribution >= 4 is 0 Å². The average Bonchev–Trinajstić information content (AvgIpc) is 3.14. The van der Waals surface area contributed by atoms with Crippen LogP contribution in [0.2, 0.25) is 0 Å². The fourth-order valence-corrected chi connectivity index (χ4v) is 3.22. The maximum atomic E-state index is 13.4.